The number of hydrogen-bond donors (Lipinski definition) is 1. The zero-order valence-electron chi connectivity index (χ0n) is 16.7. The number of carbonyl (C=O) groups excluding carboxylic acids is 2. The van der Waals surface area contributed by atoms with E-state index in [-0.39, 0.29) is 17.4 Å². The Morgan fingerprint density at radius 3 is 1.96 bits per heavy atom. The Kier molecular flexibility index (Phi) is 7.17. The molecule has 0 bridgehead atoms. The zero-order valence-corrected chi connectivity index (χ0v) is 16.7. The van der Waals surface area contributed by atoms with Crippen molar-refractivity contribution < 1.29 is 9.59 Å². The van der Waals surface area contributed by atoms with Crippen LogP contribution in [0.1, 0.15) is 38.8 Å². The summed E-state index contributed by atoms with van der Waals surface area (Å²) < 4.78 is 0. The van der Waals surface area contributed by atoms with Crippen molar-refractivity contribution in [3.63, 3.8) is 0 Å². The first-order valence-corrected chi connectivity index (χ1v) is 9.45. The third-order valence-corrected chi connectivity index (χ3v) is 4.35. The van der Waals surface area contributed by atoms with Gasteiger partial charge in [0.05, 0.1) is 6.42 Å². The maximum atomic E-state index is 13.0. The number of benzene rings is 2. The lowest BCUT2D eigenvalue weighted by Crippen LogP contribution is -2.53. The van der Waals surface area contributed by atoms with Gasteiger partial charge in [-0.3, -0.25) is 9.59 Å². The molecule has 0 fully saturated rings. The molecule has 144 valence electrons. The highest BCUT2D eigenvalue weighted by Crippen LogP contribution is 2.11. The van der Waals surface area contributed by atoms with E-state index in [0.29, 0.717) is 19.4 Å². The fraction of sp³-hybridized carbons (Fsp3) is 0.391. The molecule has 4 heteroatoms. The van der Waals surface area contributed by atoms with Crippen LogP contribution in [0.2, 0.25) is 0 Å². The maximum absolute atomic E-state index is 13.0. The van der Waals surface area contributed by atoms with E-state index in [1.165, 1.54) is 0 Å². The van der Waals surface area contributed by atoms with Gasteiger partial charge in [0.15, 0.2) is 0 Å². The average molecular weight is 367 g/mol. The molecule has 0 aromatic heterocycles. The van der Waals surface area contributed by atoms with Gasteiger partial charge in [-0.25, -0.2) is 0 Å². The van der Waals surface area contributed by atoms with Gasteiger partial charge in [0, 0.05) is 12.1 Å². The Balaban J connectivity index is 2.13. The van der Waals surface area contributed by atoms with Crippen LogP contribution in [0.4, 0.5) is 0 Å². The highest BCUT2D eigenvalue weighted by atomic mass is 16.2. The van der Waals surface area contributed by atoms with E-state index in [0.717, 1.165) is 11.1 Å². The van der Waals surface area contributed by atoms with E-state index in [4.69, 9.17) is 0 Å². The van der Waals surface area contributed by atoms with Crippen molar-refractivity contribution in [1.82, 2.24) is 10.2 Å². The van der Waals surface area contributed by atoms with Crippen molar-refractivity contribution in [2.45, 2.75) is 52.1 Å². The molecule has 27 heavy (non-hydrogen) atoms. The number of carbonyl (C=O) groups is 2. The number of amides is 2. The van der Waals surface area contributed by atoms with E-state index < -0.39 is 6.04 Å². The molecular formula is C23H30N2O2. The summed E-state index contributed by atoms with van der Waals surface area (Å²) in [5.41, 5.74) is 1.77. The van der Waals surface area contributed by atoms with Crippen molar-refractivity contribution in [3.05, 3.63) is 71.8 Å². The molecule has 0 saturated heterocycles. The number of nitrogens with zero attached hydrogens (tertiary/aromatic N) is 1. The van der Waals surface area contributed by atoms with E-state index in [1.54, 1.807) is 11.8 Å². The van der Waals surface area contributed by atoms with Crippen molar-refractivity contribution in [2.75, 3.05) is 6.54 Å². The summed E-state index contributed by atoms with van der Waals surface area (Å²) >= 11 is 0. The Morgan fingerprint density at radius 2 is 1.44 bits per heavy atom. The minimum absolute atomic E-state index is 0.0336. The third-order valence-electron chi connectivity index (χ3n) is 4.35. The molecule has 0 radical (unpaired) electrons. The standard InChI is InChI=1S/C23H30N2O2/c1-18(22(27)24-23(2,3)4)25(16-15-19-11-7-5-8-12-19)21(26)17-20-13-9-6-10-14-20/h5-14,18H,15-17H2,1-4H3,(H,24,27)/t18-/m1/s1. The van der Waals surface area contributed by atoms with Crippen LogP contribution in [0.5, 0.6) is 0 Å². The van der Waals surface area contributed by atoms with Crippen LogP contribution in [0.15, 0.2) is 60.7 Å². The summed E-state index contributed by atoms with van der Waals surface area (Å²) in [6.45, 7) is 8.14. The minimum Gasteiger partial charge on any atom is -0.350 e. The number of nitrogens with one attached hydrogen (secondary N) is 1. The Labute approximate surface area is 162 Å². The quantitative estimate of drug-likeness (QED) is 0.814. The topological polar surface area (TPSA) is 49.4 Å². The Morgan fingerprint density at radius 1 is 0.926 bits per heavy atom. The minimum atomic E-state index is -0.524. The summed E-state index contributed by atoms with van der Waals surface area (Å²) in [6, 6.07) is 19.2. The molecule has 0 saturated carbocycles. The van der Waals surface area contributed by atoms with Crippen LogP contribution >= 0.6 is 0 Å². The van der Waals surface area contributed by atoms with Gasteiger partial charge >= 0.3 is 0 Å². The molecule has 1 atom stereocenters. The molecule has 1 N–H and O–H groups in total. The molecule has 2 aromatic rings. The summed E-state index contributed by atoms with van der Waals surface area (Å²) in [4.78, 5) is 27.4. The second-order valence-electron chi connectivity index (χ2n) is 7.90. The van der Waals surface area contributed by atoms with Gasteiger partial charge in [-0.2, -0.15) is 0 Å². The summed E-state index contributed by atoms with van der Waals surface area (Å²) in [7, 11) is 0. The van der Waals surface area contributed by atoms with Crippen molar-refractivity contribution >= 4 is 11.8 Å². The van der Waals surface area contributed by atoms with Gasteiger partial charge in [-0.1, -0.05) is 60.7 Å². The van der Waals surface area contributed by atoms with Gasteiger partial charge in [-0.15, -0.1) is 0 Å². The smallest absolute Gasteiger partial charge is 0.242 e. The summed E-state index contributed by atoms with van der Waals surface area (Å²) in [5, 5.41) is 2.98. The predicted molar refractivity (Wildman–Crippen MR) is 109 cm³/mol. The van der Waals surface area contributed by atoms with Crippen LogP contribution in [-0.2, 0) is 22.4 Å². The van der Waals surface area contributed by atoms with Crippen LogP contribution < -0.4 is 5.32 Å². The van der Waals surface area contributed by atoms with Crippen LogP contribution in [-0.4, -0.2) is 34.8 Å². The lowest BCUT2D eigenvalue weighted by molar-refractivity contribution is -0.140. The third kappa shape index (κ3) is 6.89. The first-order valence-electron chi connectivity index (χ1n) is 9.45. The van der Waals surface area contributed by atoms with Crippen molar-refractivity contribution in [2.24, 2.45) is 0 Å². The van der Waals surface area contributed by atoms with E-state index in [9.17, 15) is 9.59 Å². The molecule has 4 nitrogen and oxygen atoms in total. The fourth-order valence-electron chi connectivity index (χ4n) is 2.92. The number of hydrogen-bond acceptors (Lipinski definition) is 2. The summed E-state index contributed by atoms with van der Waals surface area (Å²) in [6.07, 6.45) is 1.01. The second-order valence-corrected chi connectivity index (χ2v) is 7.90. The zero-order chi connectivity index (χ0) is 19.9. The largest absolute Gasteiger partial charge is 0.350 e. The highest BCUT2D eigenvalue weighted by molar-refractivity contribution is 5.88. The monoisotopic (exact) mass is 366 g/mol. The van der Waals surface area contributed by atoms with Crippen LogP contribution in [0, 0.1) is 0 Å². The molecule has 2 aromatic carbocycles. The van der Waals surface area contributed by atoms with Crippen molar-refractivity contribution in [1.29, 1.82) is 0 Å². The number of rotatable bonds is 7. The van der Waals surface area contributed by atoms with E-state index in [2.05, 4.69) is 5.32 Å². The molecule has 2 rings (SSSR count). The van der Waals surface area contributed by atoms with Gasteiger partial charge in [0.25, 0.3) is 0 Å². The normalized spacial score (nSPS) is 12.3. The maximum Gasteiger partial charge on any atom is 0.242 e. The molecule has 0 aliphatic rings. The average Bonchev–Trinajstić information content (AvgIpc) is 2.62. The van der Waals surface area contributed by atoms with Gasteiger partial charge < -0.3 is 10.2 Å². The van der Waals surface area contributed by atoms with E-state index >= 15 is 0 Å². The summed E-state index contributed by atoms with van der Waals surface area (Å²) in [5.74, 6) is -0.161. The first kappa shape index (κ1) is 20.7. The van der Waals surface area contributed by atoms with Crippen molar-refractivity contribution in [3.8, 4) is 0 Å². The van der Waals surface area contributed by atoms with Crippen LogP contribution in [0.3, 0.4) is 0 Å². The Bertz CT molecular complexity index is 736. The molecular weight excluding hydrogens is 336 g/mol. The molecule has 0 unspecified atom stereocenters. The molecule has 0 aliphatic heterocycles. The molecule has 0 spiro atoms. The fourth-order valence-corrected chi connectivity index (χ4v) is 2.92. The predicted octanol–water partition coefficient (Wildman–Crippen LogP) is 3.60. The Hall–Kier alpha value is -2.62. The van der Waals surface area contributed by atoms with Gasteiger partial charge in [0.1, 0.15) is 6.04 Å². The highest BCUT2D eigenvalue weighted by Gasteiger charge is 2.27. The molecule has 0 heterocycles. The lowest BCUT2D eigenvalue weighted by Gasteiger charge is -2.31. The SMILES string of the molecule is C[C@H](C(=O)NC(C)(C)C)N(CCc1ccccc1)C(=O)Cc1ccccc1. The van der Waals surface area contributed by atoms with E-state index in [1.807, 2.05) is 81.4 Å². The van der Waals surface area contributed by atoms with Crippen LogP contribution in [0.25, 0.3) is 0 Å². The molecule has 0 aliphatic carbocycles. The first-order chi connectivity index (χ1) is 12.8. The van der Waals surface area contributed by atoms with Gasteiger partial charge in [0.2, 0.25) is 11.8 Å². The second kappa shape index (κ2) is 9.36. The van der Waals surface area contributed by atoms with Gasteiger partial charge in [-0.05, 0) is 45.2 Å². The molecule has 2 amide bonds. The lowest BCUT2D eigenvalue weighted by atomic mass is 10.1.